The van der Waals surface area contributed by atoms with E-state index in [1.807, 2.05) is 43.3 Å². The van der Waals surface area contributed by atoms with E-state index in [4.69, 9.17) is 10.2 Å². The topological polar surface area (TPSA) is 51.2 Å². The Labute approximate surface area is 88.9 Å². The molecule has 3 N–H and O–H groups in total. The summed E-state index contributed by atoms with van der Waals surface area (Å²) in [5.74, 6) is 1.86. The van der Waals surface area contributed by atoms with Gasteiger partial charge in [0.1, 0.15) is 11.5 Å². The van der Waals surface area contributed by atoms with Gasteiger partial charge in [0.2, 0.25) is 0 Å². The van der Waals surface area contributed by atoms with Crippen LogP contribution in [0.5, 0.6) is 0 Å². The van der Waals surface area contributed by atoms with Gasteiger partial charge in [0.05, 0.1) is 6.54 Å². The molecule has 0 aliphatic carbocycles. The van der Waals surface area contributed by atoms with Gasteiger partial charge in [0.15, 0.2) is 0 Å². The van der Waals surface area contributed by atoms with Crippen molar-refractivity contribution in [2.24, 2.45) is 0 Å². The van der Waals surface area contributed by atoms with Gasteiger partial charge in [0.25, 0.3) is 0 Å². The standard InChI is InChI=1S/C12H14N2O/c1-9-5-6-12(15-9)8-14-11-4-2-3-10(13)7-11/h2-7,14H,8,13H2,1H3. The first-order valence-electron chi connectivity index (χ1n) is 4.89. The molecule has 0 fully saturated rings. The van der Waals surface area contributed by atoms with E-state index in [1.54, 1.807) is 0 Å². The molecule has 15 heavy (non-hydrogen) atoms. The fraction of sp³-hybridized carbons (Fsp3) is 0.167. The summed E-state index contributed by atoms with van der Waals surface area (Å²) in [6.45, 7) is 2.61. The van der Waals surface area contributed by atoms with Crippen molar-refractivity contribution in [1.82, 2.24) is 0 Å². The van der Waals surface area contributed by atoms with E-state index in [-0.39, 0.29) is 0 Å². The minimum atomic E-state index is 0.678. The molecule has 2 aromatic rings. The normalized spacial score (nSPS) is 10.2. The average molecular weight is 202 g/mol. The van der Waals surface area contributed by atoms with Crippen molar-refractivity contribution < 1.29 is 4.42 Å². The maximum Gasteiger partial charge on any atom is 0.123 e. The lowest BCUT2D eigenvalue weighted by Gasteiger charge is -2.04. The van der Waals surface area contributed by atoms with E-state index in [9.17, 15) is 0 Å². The lowest BCUT2D eigenvalue weighted by atomic mass is 10.3. The van der Waals surface area contributed by atoms with E-state index in [2.05, 4.69) is 5.32 Å². The minimum Gasteiger partial charge on any atom is -0.465 e. The molecular weight excluding hydrogens is 188 g/mol. The van der Waals surface area contributed by atoms with Crippen LogP contribution in [0.3, 0.4) is 0 Å². The van der Waals surface area contributed by atoms with Crippen LogP contribution < -0.4 is 11.1 Å². The summed E-state index contributed by atoms with van der Waals surface area (Å²) >= 11 is 0. The zero-order valence-electron chi connectivity index (χ0n) is 8.66. The first-order valence-corrected chi connectivity index (χ1v) is 4.89. The first kappa shape index (κ1) is 9.65. The zero-order chi connectivity index (χ0) is 10.7. The zero-order valence-corrected chi connectivity index (χ0v) is 8.66. The van der Waals surface area contributed by atoms with Gasteiger partial charge in [-0.25, -0.2) is 0 Å². The third-order valence-electron chi connectivity index (χ3n) is 2.15. The number of furan rings is 1. The van der Waals surface area contributed by atoms with Crippen molar-refractivity contribution in [3.05, 3.63) is 47.9 Å². The van der Waals surface area contributed by atoms with Crippen LogP contribution >= 0.6 is 0 Å². The molecule has 3 nitrogen and oxygen atoms in total. The lowest BCUT2D eigenvalue weighted by Crippen LogP contribution is -1.98. The maximum absolute atomic E-state index is 5.67. The summed E-state index contributed by atoms with van der Waals surface area (Å²) in [5, 5.41) is 3.24. The van der Waals surface area contributed by atoms with Gasteiger partial charge in [-0.3, -0.25) is 0 Å². The molecule has 0 aliphatic rings. The third kappa shape index (κ3) is 2.53. The SMILES string of the molecule is Cc1ccc(CNc2cccc(N)c2)o1. The Balaban J connectivity index is 1.99. The van der Waals surface area contributed by atoms with E-state index >= 15 is 0 Å². The lowest BCUT2D eigenvalue weighted by molar-refractivity contribution is 0.490. The Morgan fingerprint density at radius 1 is 1.27 bits per heavy atom. The third-order valence-corrected chi connectivity index (χ3v) is 2.15. The van der Waals surface area contributed by atoms with Crippen molar-refractivity contribution in [3.8, 4) is 0 Å². The summed E-state index contributed by atoms with van der Waals surface area (Å²) in [5.41, 5.74) is 7.43. The maximum atomic E-state index is 5.67. The molecule has 1 aromatic heterocycles. The first-order chi connectivity index (χ1) is 7.24. The van der Waals surface area contributed by atoms with E-state index in [0.717, 1.165) is 22.9 Å². The Morgan fingerprint density at radius 3 is 2.80 bits per heavy atom. The van der Waals surface area contributed by atoms with E-state index < -0.39 is 0 Å². The van der Waals surface area contributed by atoms with Gasteiger partial charge in [-0.05, 0) is 37.3 Å². The number of nitrogens with one attached hydrogen (secondary N) is 1. The second-order valence-electron chi connectivity index (χ2n) is 3.49. The number of nitrogens with two attached hydrogens (primary N) is 1. The highest BCUT2D eigenvalue weighted by Crippen LogP contribution is 2.14. The Morgan fingerprint density at radius 2 is 2.13 bits per heavy atom. The van der Waals surface area contributed by atoms with E-state index in [0.29, 0.717) is 6.54 Å². The molecule has 0 atom stereocenters. The molecule has 0 saturated heterocycles. The molecule has 0 spiro atoms. The molecule has 0 radical (unpaired) electrons. The smallest absolute Gasteiger partial charge is 0.123 e. The summed E-state index contributed by atoms with van der Waals surface area (Å²) in [6, 6.07) is 11.6. The second-order valence-corrected chi connectivity index (χ2v) is 3.49. The van der Waals surface area contributed by atoms with Crippen molar-refractivity contribution >= 4 is 11.4 Å². The monoisotopic (exact) mass is 202 g/mol. The summed E-state index contributed by atoms with van der Waals surface area (Å²) in [4.78, 5) is 0. The Kier molecular flexibility index (Phi) is 2.63. The predicted octanol–water partition coefficient (Wildman–Crippen LogP) is 2.78. The number of nitrogen functional groups attached to an aromatic ring is 1. The van der Waals surface area contributed by atoms with Crippen LogP contribution in [0.1, 0.15) is 11.5 Å². The van der Waals surface area contributed by atoms with Crippen LogP contribution in [0.25, 0.3) is 0 Å². The molecule has 1 aromatic carbocycles. The molecular formula is C12H14N2O. The number of aryl methyl sites for hydroxylation is 1. The molecule has 3 heteroatoms. The number of hydrogen-bond acceptors (Lipinski definition) is 3. The van der Waals surface area contributed by atoms with E-state index in [1.165, 1.54) is 0 Å². The van der Waals surface area contributed by atoms with Crippen LogP contribution in [-0.4, -0.2) is 0 Å². The van der Waals surface area contributed by atoms with Crippen LogP contribution in [-0.2, 0) is 6.54 Å². The predicted molar refractivity (Wildman–Crippen MR) is 61.6 cm³/mol. The molecule has 0 saturated carbocycles. The quantitative estimate of drug-likeness (QED) is 0.752. The van der Waals surface area contributed by atoms with Crippen molar-refractivity contribution in [2.45, 2.75) is 13.5 Å². The van der Waals surface area contributed by atoms with Gasteiger partial charge in [0, 0.05) is 11.4 Å². The fourth-order valence-corrected chi connectivity index (χ4v) is 1.42. The van der Waals surface area contributed by atoms with Gasteiger partial charge in [-0.2, -0.15) is 0 Å². The highest BCUT2D eigenvalue weighted by Gasteiger charge is 1.98. The number of hydrogen-bond donors (Lipinski definition) is 2. The van der Waals surface area contributed by atoms with Gasteiger partial charge < -0.3 is 15.5 Å². The molecule has 0 bridgehead atoms. The van der Waals surface area contributed by atoms with Gasteiger partial charge >= 0.3 is 0 Å². The van der Waals surface area contributed by atoms with Crippen LogP contribution in [0.15, 0.2) is 40.8 Å². The molecule has 78 valence electrons. The highest BCUT2D eigenvalue weighted by atomic mass is 16.3. The largest absolute Gasteiger partial charge is 0.465 e. The Hall–Kier alpha value is -1.90. The van der Waals surface area contributed by atoms with Crippen molar-refractivity contribution in [3.63, 3.8) is 0 Å². The second kappa shape index (κ2) is 4.09. The number of anilines is 2. The summed E-state index contributed by atoms with van der Waals surface area (Å²) in [7, 11) is 0. The van der Waals surface area contributed by atoms with Gasteiger partial charge in [-0.15, -0.1) is 0 Å². The number of benzene rings is 1. The van der Waals surface area contributed by atoms with Crippen molar-refractivity contribution in [2.75, 3.05) is 11.1 Å². The molecule has 0 unspecified atom stereocenters. The number of rotatable bonds is 3. The Bertz CT molecular complexity index is 448. The van der Waals surface area contributed by atoms with Crippen molar-refractivity contribution in [1.29, 1.82) is 0 Å². The van der Waals surface area contributed by atoms with Crippen LogP contribution in [0, 0.1) is 6.92 Å². The molecule has 0 amide bonds. The molecule has 2 rings (SSSR count). The fourth-order valence-electron chi connectivity index (χ4n) is 1.42. The highest BCUT2D eigenvalue weighted by molar-refractivity contribution is 5.54. The van der Waals surface area contributed by atoms with Gasteiger partial charge in [-0.1, -0.05) is 6.07 Å². The molecule has 0 aliphatic heterocycles. The van der Waals surface area contributed by atoms with Crippen LogP contribution in [0.4, 0.5) is 11.4 Å². The minimum absolute atomic E-state index is 0.678. The summed E-state index contributed by atoms with van der Waals surface area (Å²) < 4.78 is 5.44. The molecule has 1 heterocycles. The summed E-state index contributed by atoms with van der Waals surface area (Å²) in [6.07, 6.45) is 0. The van der Waals surface area contributed by atoms with Crippen LogP contribution in [0.2, 0.25) is 0 Å². The average Bonchev–Trinajstić information content (AvgIpc) is 2.62.